The third-order valence-electron chi connectivity index (χ3n) is 3.92. The van der Waals surface area contributed by atoms with Crippen LogP contribution in [0.25, 0.3) is 0 Å². The van der Waals surface area contributed by atoms with Crippen molar-refractivity contribution in [2.75, 3.05) is 26.2 Å². The number of ether oxygens (including phenoxy) is 1. The molecule has 2 heterocycles. The standard InChI is InChI=1S/C15H28N2O2/c1-15(2,3)19-14(18)17-11-7-8-13(17)12-16-9-5-4-6-10-16/h13H,4-12H2,1-3H3. The average Bonchev–Trinajstić information content (AvgIpc) is 2.76. The van der Waals surface area contributed by atoms with E-state index in [4.69, 9.17) is 4.74 Å². The highest BCUT2D eigenvalue weighted by molar-refractivity contribution is 5.69. The summed E-state index contributed by atoms with van der Waals surface area (Å²) in [6.07, 6.45) is 6.06. The number of carbonyl (C=O) groups is 1. The Balaban J connectivity index is 1.87. The maximum Gasteiger partial charge on any atom is 0.410 e. The Morgan fingerprint density at radius 3 is 2.42 bits per heavy atom. The van der Waals surface area contributed by atoms with Gasteiger partial charge >= 0.3 is 6.09 Å². The van der Waals surface area contributed by atoms with Crippen molar-refractivity contribution >= 4 is 6.09 Å². The summed E-state index contributed by atoms with van der Waals surface area (Å²) in [5.74, 6) is 0. The topological polar surface area (TPSA) is 32.8 Å². The second-order valence-electron chi connectivity index (χ2n) is 6.83. The summed E-state index contributed by atoms with van der Waals surface area (Å²) in [5, 5.41) is 0. The van der Waals surface area contributed by atoms with Crippen LogP contribution in [-0.4, -0.2) is 53.7 Å². The van der Waals surface area contributed by atoms with Gasteiger partial charge in [-0.1, -0.05) is 6.42 Å². The third kappa shape index (κ3) is 4.37. The minimum Gasteiger partial charge on any atom is -0.444 e. The third-order valence-corrected chi connectivity index (χ3v) is 3.92. The van der Waals surface area contributed by atoms with Gasteiger partial charge in [0.2, 0.25) is 0 Å². The molecular formula is C15H28N2O2. The predicted molar refractivity (Wildman–Crippen MR) is 76.3 cm³/mol. The van der Waals surface area contributed by atoms with Gasteiger partial charge in [0, 0.05) is 19.1 Å². The lowest BCUT2D eigenvalue weighted by Gasteiger charge is -2.33. The molecular weight excluding hydrogens is 240 g/mol. The highest BCUT2D eigenvalue weighted by atomic mass is 16.6. The van der Waals surface area contributed by atoms with E-state index in [-0.39, 0.29) is 6.09 Å². The molecule has 2 aliphatic heterocycles. The lowest BCUT2D eigenvalue weighted by Crippen LogP contribution is -2.46. The van der Waals surface area contributed by atoms with E-state index in [2.05, 4.69) is 4.90 Å². The first kappa shape index (κ1) is 14.6. The van der Waals surface area contributed by atoms with Gasteiger partial charge in [-0.25, -0.2) is 4.79 Å². The van der Waals surface area contributed by atoms with Crippen molar-refractivity contribution in [1.29, 1.82) is 0 Å². The summed E-state index contributed by atoms with van der Waals surface area (Å²) in [5.41, 5.74) is -0.394. The van der Waals surface area contributed by atoms with Crippen LogP contribution in [0.15, 0.2) is 0 Å². The number of piperidine rings is 1. The monoisotopic (exact) mass is 268 g/mol. The number of amides is 1. The van der Waals surface area contributed by atoms with Crippen LogP contribution in [0.1, 0.15) is 52.9 Å². The molecule has 0 aliphatic carbocycles. The molecule has 110 valence electrons. The minimum absolute atomic E-state index is 0.132. The first-order valence-electron chi connectivity index (χ1n) is 7.68. The Morgan fingerprint density at radius 1 is 1.11 bits per heavy atom. The summed E-state index contributed by atoms with van der Waals surface area (Å²) < 4.78 is 5.51. The number of nitrogens with zero attached hydrogens (tertiary/aromatic N) is 2. The van der Waals surface area contributed by atoms with Crippen LogP contribution in [0.5, 0.6) is 0 Å². The molecule has 0 aromatic rings. The van der Waals surface area contributed by atoms with Gasteiger partial charge < -0.3 is 14.5 Å². The molecule has 1 amide bonds. The second kappa shape index (κ2) is 6.12. The molecule has 19 heavy (non-hydrogen) atoms. The normalized spacial score (nSPS) is 25.6. The van der Waals surface area contributed by atoms with E-state index in [1.807, 2.05) is 25.7 Å². The first-order chi connectivity index (χ1) is 8.96. The Hall–Kier alpha value is -0.770. The summed E-state index contributed by atoms with van der Waals surface area (Å²) in [6, 6.07) is 0.355. The Morgan fingerprint density at radius 2 is 1.79 bits per heavy atom. The number of hydrogen-bond acceptors (Lipinski definition) is 3. The van der Waals surface area contributed by atoms with Gasteiger partial charge in [0.15, 0.2) is 0 Å². The fourth-order valence-corrected chi connectivity index (χ4v) is 3.03. The highest BCUT2D eigenvalue weighted by Gasteiger charge is 2.33. The predicted octanol–water partition coefficient (Wildman–Crippen LogP) is 2.87. The molecule has 2 rings (SSSR count). The van der Waals surface area contributed by atoms with Crippen LogP contribution >= 0.6 is 0 Å². The van der Waals surface area contributed by atoms with E-state index in [0.717, 1.165) is 25.9 Å². The number of hydrogen-bond donors (Lipinski definition) is 0. The maximum atomic E-state index is 12.2. The molecule has 1 unspecified atom stereocenters. The van der Waals surface area contributed by atoms with Crippen LogP contribution in [-0.2, 0) is 4.74 Å². The van der Waals surface area contributed by atoms with E-state index in [1.54, 1.807) is 0 Å². The van der Waals surface area contributed by atoms with Crippen molar-refractivity contribution in [2.24, 2.45) is 0 Å². The zero-order valence-corrected chi connectivity index (χ0v) is 12.7. The van der Waals surface area contributed by atoms with Crippen LogP contribution < -0.4 is 0 Å². The molecule has 0 N–H and O–H groups in total. The lowest BCUT2D eigenvalue weighted by atomic mass is 10.1. The first-order valence-corrected chi connectivity index (χ1v) is 7.68. The fourth-order valence-electron chi connectivity index (χ4n) is 3.03. The van der Waals surface area contributed by atoms with Crippen molar-refractivity contribution in [2.45, 2.75) is 64.5 Å². The number of rotatable bonds is 2. The summed E-state index contributed by atoms with van der Waals surface area (Å²) >= 11 is 0. The van der Waals surface area contributed by atoms with E-state index in [9.17, 15) is 4.79 Å². The molecule has 4 heteroatoms. The summed E-state index contributed by atoms with van der Waals surface area (Å²) in [7, 11) is 0. The van der Waals surface area contributed by atoms with Crippen molar-refractivity contribution < 1.29 is 9.53 Å². The molecule has 0 aromatic heterocycles. The highest BCUT2D eigenvalue weighted by Crippen LogP contribution is 2.22. The van der Waals surface area contributed by atoms with Gasteiger partial charge in [-0.05, 0) is 59.5 Å². The van der Waals surface area contributed by atoms with E-state index in [0.29, 0.717) is 6.04 Å². The van der Waals surface area contributed by atoms with Crippen LogP contribution in [0.4, 0.5) is 4.79 Å². The Kier molecular flexibility index (Phi) is 4.71. The molecule has 4 nitrogen and oxygen atoms in total. The molecule has 2 fully saturated rings. The largest absolute Gasteiger partial charge is 0.444 e. The van der Waals surface area contributed by atoms with E-state index < -0.39 is 5.60 Å². The van der Waals surface area contributed by atoms with Gasteiger partial charge in [-0.2, -0.15) is 0 Å². The van der Waals surface area contributed by atoms with Crippen LogP contribution in [0.2, 0.25) is 0 Å². The van der Waals surface area contributed by atoms with Gasteiger partial charge in [-0.15, -0.1) is 0 Å². The van der Waals surface area contributed by atoms with E-state index >= 15 is 0 Å². The van der Waals surface area contributed by atoms with Gasteiger partial charge in [0.05, 0.1) is 0 Å². The summed E-state index contributed by atoms with van der Waals surface area (Å²) in [4.78, 5) is 16.7. The molecule has 2 saturated heterocycles. The molecule has 0 radical (unpaired) electrons. The molecule has 0 saturated carbocycles. The van der Waals surface area contributed by atoms with Crippen LogP contribution in [0.3, 0.4) is 0 Å². The number of likely N-dealkylation sites (tertiary alicyclic amines) is 2. The van der Waals surface area contributed by atoms with Crippen molar-refractivity contribution in [1.82, 2.24) is 9.80 Å². The quantitative estimate of drug-likeness (QED) is 0.772. The molecule has 1 atom stereocenters. The van der Waals surface area contributed by atoms with Crippen molar-refractivity contribution in [3.05, 3.63) is 0 Å². The zero-order valence-electron chi connectivity index (χ0n) is 12.7. The smallest absolute Gasteiger partial charge is 0.410 e. The fraction of sp³-hybridized carbons (Fsp3) is 0.933. The summed E-state index contributed by atoms with van der Waals surface area (Å²) in [6.45, 7) is 10.1. The second-order valence-corrected chi connectivity index (χ2v) is 6.83. The minimum atomic E-state index is -0.394. The Labute approximate surface area is 117 Å². The van der Waals surface area contributed by atoms with Gasteiger partial charge in [0.25, 0.3) is 0 Å². The molecule has 2 aliphatic rings. The average molecular weight is 268 g/mol. The lowest BCUT2D eigenvalue weighted by molar-refractivity contribution is 0.0191. The SMILES string of the molecule is CC(C)(C)OC(=O)N1CCCC1CN1CCCCC1. The van der Waals surface area contributed by atoms with E-state index in [1.165, 1.54) is 32.4 Å². The Bertz CT molecular complexity index is 306. The van der Waals surface area contributed by atoms with Crippen molar-refractivity contribution in [3.8, 4) is 0 Å². The van der Waals surface area contributed by atoms with Gasteiger partial charge in [0.1, 0.15) is 5.60 Å². The molecule has 0 aromatic carbocycles. The molecule has 0 spiro atoms. The maximum absolute atomic E-state index is 12.2. The van der Waals surface area contributed by atoms with Crippen LogP contribution in [0, 0.1) is 0 Å². The molecule has 0 bridgehead atoms. The van der Waals surface area contributed by atoms with Crippen molar-refractivity contribution in [3.63, 3.8) is 0 Å². The zero-order chi connectivity index (χ0) is 13.9. The van der Waals surface area contributed by atoms with Gasteiger partial charge in [-0.3, -0.25) is 0 Å². The number of carbonyl (C=O) groups excluding carboxylic acids is 1.